The van der Waals surface area contributed by atoms with E-state index in [1.807, 2.05) is 13.8 Å². The standard InChI is InChI=1S/C13H23F/c1-5-13(7-6-11(4)8-13)9-12(14)10(2)3/h8,10,12H,5-7,9H2,1-4H3/t12-,13+/m1/s1. The number of hydrogen-bond donors (Lipinski definition) is 0. The average Bonchev–Trinajstić information content (AvgIpc) is 2.48. The minimum Gasteiger partial charge on any atom is -0.247 e. The van der Waals surface area contributed by atoms with Crippen molar-refractivity contribution < 1.29 is 4.39 Å². The van der Waals surface area contributed by atoms with E-state index in [0.29, 0.717) is 0 Å². The molecular formula is C13H23F. The normalized spacial score (nSPS) is 29.4. The molecule has 0 saturated carbocycles. The van der Waals surface area contributed by atoms with E-state index in [2.05, 4.69) is 19.9 Å². The molecule has 0 nitrogen and oxygen atoms in total. The predicted molar refractivity (Wildman–Crippen MR) is 60.1 cm³/mol. The third-order valence-corrected chi connectivity index (χ3v) is 3.60. The molecule has 1 heteroatoms. The largest absolute Gasteiger partial charge is 0.247 e. The van der Waals surface area contributed by atoms with E-state index in [1.54, 1.807) is 0 Å². The molecule has 0 heterocycles. The Labute approximate surface area is 87.6 Å². The Morgan fingerprint density at radius 1 is 1.50 bits per heavy atom. The van der Waals surface area contributed by atoms with Crippen molar-refractivity contribution in [1.82, 2.24) is 0 Å². The molecule has 0 aromatic heterocycles. The molecule has 0 saturated heterocycles. The molecule has 1 aliphatic carbocycles. The van der Waals surface area contributed by atoms with Gasteiger partial charge >= 0.3 is 0 Å². The summed E-state index contributed by atoms with van der Waals surface area (Å²) in [5.41, 5.74) is 1.62. The van der Waals surface area contributed by atoms with Crippen molar-refractivity contribution in [2.45, 2.75) is 59.5 Å². The predicted octanol–water partition coefficient (Wildman–Crippen LogP) is 4.51. The summed E-state index contributed by atoms with van der Waals surface area (Å²) in [5.74, 6) is 0.160. The van der Waals surface area contributed by atoms with Gasteiger partial charge in [-0.15, -0.1) is 0 Å². The molecule has 0 spiro atoms. The van der Waals surface area contributed by atoms with E-state index in [0.717, 1.165) is 19.3 Å². The molecule has 0 aliphatic heterocycles. The first-order chi connectivity index (χ1) is 6.49. The van der Waals surface area contributed by atoms with Crippen LogP contribution in [0.5, 0.6) is 0 Å². The van der Waals surface area contributed by atoms with Crippen LogP contribution in [0.2, 0.25) is 0 Å². The lowest BCUT2D eigenvalue weighted by molar-refractivity contribution is 0.166. The monoisotopic (exact) mass is 198 g/mol. The van der Waals surface area contributed by atoms with Crippen LogP contribution >= 0.6 is 0 Å². The van der Waals surface area contributed by atoms with Gasteiger partial charge in [-0.1, -0.05) is 32.4 Å². The second-order valence-corrected chi connectivity index (χ2v) is 5.17. The Morgan fingerprint density at radius 2 is 2.14 bits per heavy atom. The number of halogens is 1. The third-order valence-electron chi connectivity index (χ3n) is 3.60. The van der Waals surface area contributed by atoms with Crippen LogP contribution in [-0.2, 0) is 0 Å². The number of allylic oxidation sites excluding steroid dienone is 2. The van der Waals surface area contributed by atoms with Crippen molar-refractivity contribution in [2.75, 3.05) is 0 Å². The lowest BCUT2D eigenvalue weighted by atomic mass is 9.78. The molecule has 0 N–H and O–H groups in total. The summed E-state index contributed by atoms with van der Waals surface area (Å²) in [4.78, 5) is 0. The van der Waals surface area contributed by atoms with Gasteiger partial charge in [0.25, 0.3) is 0 Å². The molecule has 82 valence electrons. The molecule has 0 aromatic rings. The zero-order valence-corrected chi connectivity index (χ0v) is 9.94. The van der Waals surface area contributed by atoms with Crippen LogP contribution in [0.3, 0.4) is 0 Å². The Hall–Kier alpha value is -0.330. The zero-order chi connectivity index (χ0) is 10.8. The minimum absolute atomic E-state index is 0.160. The van der Waals surface area contributed by atoms with Crippen LogP contribution < -0.4 is 0 Å². The molecule has 2 atom stereocenters. The fourth-order valence-electron chi connectivity index (χ4n) is 2.32. The molecule has 0 aromatic carbocycles. The van der Waals surface area contributed by atoms with Crippen molar-refractivity contribution >= 4 is 0 Å². The molecule has 1 rings (SSSR count). The second kappa shape index (κ2) is 4.46. The first-order valence-corrected chi connectivity index (χ1v) is 5.81. The maximum Gasteiger partial charge on any atom is 0.103 e. The molecule has 1 aliphatic rings. The summed E-state index contributed by atoms with van der Waals surface area (Å²) in [5, 5.41) is 0. The fourth-order valence-corrected chi connectivity index (χ4v) is 2.32. The molecule has 0 bridgehead atoms. The van der Waals surface area contributed by atoms with E-state index in [1.165, 1.54) is 12.0 Å². The lowest BCUT2D eigenvalue weighted by Gasteiger charge is -2.28. The Morgan fingerprint density at radius 3 is 2.50 bits per heavy atom. The summed E-state index contributed by atoms with van der Waals surface area (Å²) in [6, 6.07) is 0. The van der Waals surface area contributed by atoms with Crippen LogP contribution in [0.25, 0.3) is 0 Å². The summed E-state index contributed by atoms with van der Waals surface area (Å²) in [7, 11) is 0. The SMILES string of the molecule is CC[C@@]1(C[C@@H](F)C(C)C)C=C(C)CC1. The van der Waals surface area contributed by atoms with Crippen molar-refractivity contribution in [2.24, 2.45) is 11.3 Å². The van der Waals surface area contributed by atoms with Gasteiger partial charge in [0.1, 0.15) is 6.17 Å². The number of hydrogen-bond acceptors (Lipinski definition) is 0. The lowest BCUT2D eigenvalue weighted by Crippen LogP contribution is -2.23. The topological polar surface area (TPSA) is 0 Å². The van der Waals surface area contributed by atoms with Gasteiger partial charge in [0.05, 0.1) is 0 Å². The number of alkyl halides is 1. The highest BCUT2D eigenvalue weighted by molar-refractivity contribution is 5.15. The molecule has 0 unspecified atom stereocenters. The van der Waals surface area contributed by atoms with Crippen LogP contribution in [0.4, 0.5) is 4.39 Å². The first kappa shape index (κ1) is 11.7. The first-order valence-electron chi connectivity index (χ1n) is 5.81. The second-order valence-electron chi connectivity index (χ2n) is 5.17. The maximum atomic E-state index is 13.7. The molecule has 0 amide bonds. The Balaban J connectivity index is 2.64. The Kier molecular flexibility index (Phi) is 3.74. The van der Waals surface area contributed by atoms with Gasteiger partial charge in [0.2, 0.25) is 0 Å². The highest BCUT2D eigenvalue weighted by atomic mass is 19.1. The quantitative estimate of drug-likeness (QED) is 0.583. The summed E-state index contributed by atoms with van der Waals surface area (Å²) < 4.78 is 13.7. The molecule has 0 fully saturated rings. The van der Waals surface area contributed by atoms with Crippen LogP contribution in [0.1, 0.15) is 53.4 Å². The van der Waals surface area contributed by atoms with Crippen molar-refractivity contribution in [1.29, 1.82) is 0 Å². The van der Waals surface area contributed by atoms with E-state index in [4.69, 9.17) is 0 Å². The van der Waals surface area contributed by atoms with Crippen molar-refractivity contribution in [3.8, 4) is 0 Å². The third kappa shape index (κ3) is 2.59. The van der Waals surface area contributed by atoms with E-state index >= 15 is 0 Å². The highest BCUT2D eigenvalue weighted by Gasteiger charge is 2.33. The summed E-state index contributed by atoms with van der Waals surface area (Å²) >= 11 is 0. The Bertz CT molecular complexity index is 217. The highest BCUT2D eigenvalue weighted by Crippen LogP contribution is 2.43. The van der Waals surface area contributed by atoms with Gasteiger partial charge in [0.15, 0.2) is 0 Å². The minimum atomic E-state index is -0.642. The van der Waals surface area contributed by atoms with Gasteiger partial charge in [-0.05, 0) is 43.9 Å². The van der Waals surface area contributed by atoms with Gasteiger partial charge in [0, 0.05) is 0 Å². The van der Waals surface area contributed by atoms with E-state index in [-0.39, 0.29) is 11.3 Å². The van der Waals surface area contributed by atoms with E-state index < -0.39 is 6.17 Å². The average molecular weight is 198 g/mol. The van der Waals surface area contributed by atoms with E-state index in [9.17, 15) is 4.39 Å². The van der Waals surface area contributed by atoms with Crippen molar-refractivity contribution in [3.05, 3.63) is 11.6 Å². The van der Waals surface area contributed by atoms with Crippen LogP contribution in [-0.4, -0.2) is 6.17 Å². The molecule has 0 radical (unpaired) electrons. The van der Waals surface area contributed by atoms with Crippen LogP contribution in [0, 0.1) is 11.3 Å². The van der Waals surface area contributed by atoms with Crippen LogP contribution in [0.15, 0.2) is 11.6 Å². The zero-order valence-electron chi connectivity index (χ0n) is 9.94. The maximum absolute atomic E-state index is 13.7. The molecule has 14 heavy (non-hydrogen) atoms. The number of rotatable bonds is 4. The summed E-state index contributed by atoms with van der Waals surface area (Å²) in [6.07, 6.45) is 5.80. The molecular weight excluding hydrogens is 175 g/mol. The van der Waals surface area contributed by atoms with Gasteiger partial charge in [-0.2, -0.15) is 0 Å². The smallest absolute Gasteiger partial charge is 0.103 e. The fraction of sp³-hybridized carbons (Fsp3) is 0.846. The van der Waals surface area contributed by atoms with Gasteiger partial charge in [-0.3, -0.25) is 0 Å². The van der Waals surface area contributed by atoms with Crippen molar-refractivity contribution in [3.63, 3.8) is 0 Å². The van der Waals surface area contributed by atoms with Gasteiger partial charge in [-0.25, -0.2) is 4.39 Å². The van der Waals surface area contributed by atoms with Gasteiger partial charge < -0.3 is 0 Å². The summed E-state index contributed by atoms with van der Waals surface area (Å²) in [6.45, 7) is 8.29.